The Kier molecular flexibility index (Phi) is 6.05. The number of hydrogen-bond donors (Lipinski definition) is 1. The van der Waals surface area contributed by atoms with E-state index >= 15 is 0 Å². The molecule has 23 heavy (non-hydrogen) atoms. The number of para-hydroxylation sites is 1. The van der Waals surface area contributed by atoms with E-state index in [0.717, 1.165) is 11.3 Å². The fourth-order valence-electron chi connectivity index (χ4n) is 2.33. The molecular formula is C19H22ClNO2. The van der Waals surface area contributed by atoms with Crippen molar-refractivity contribution in [3.8, 4) is 5.75 Å². The van der Waals surface area contributed by atoms with Gasteiger partial charge in [0.1, 0.15) is 5.75 Å². The van der Waals surface area contributed by atoms with E-state index in [2.05, 4.69) is 19.2 Å². The van der Waals surface area contributed by atoms with Crippen LogP contribution in [0, 0.1) is 0 Å². The first-order valence-electron chi connectivity index (χ1n) is 7.83. The molecule has 122 valence electrons. The molecule has 0 aliphatic carbocycles. The normalized spacial score (nSPS) is 12.0. The van der Waals surface area contributed by atoms with Crippen LogP contribution in [0.1, 0.15) is 38.7 Å². The molecule has 0 unspecified atom stereocenters. The Bertz CT molecular complexity index is 653. The minimum Gasteiger partial charge on any atom is -0.481 e. The van der Waals surface area contributed by atoms with Gasteiger partial charge in [-0.25, -0.2) is 0 Å². The highest BCUT2D eigenvalue weighted by atomic mass is 35.5. The largest absolute Gasteiger partial charge is 0.481 e. The number of hydrogen-bond acceptors (Lipinski definition) is 2. The molecule has 3 nitrogen and oxygen atoms in total. The molecule has 0 fully saturated rings. The van der Waals surface area contributed by atoms with Gasteiger partial charge in [-0.2, -0.15) is 0 Å². The van der Waals surface area contributed by atoms with Gasteiger partial charge in [0.25, 0.3) is 5.91 Å². The molecule has 0 aliphatic rings. The van der Waals surface area contributed by atoms with Crippen LogP contribution in [0.4, 0.5) is 5.69 Å². The number of nitrogens with one attached hydrogen (secondary N) is 1. The van der Waals surface area contributed by atoms with Crippen molar-refractivity contribution in [2.75, 3.05) is 5.32 Å². The maximum Gasteiger partial charge on any atom is 0.265 e. The number of rotatable bonds is 6. The second kappa shape index (κ2) is 8.02. The van der Waals surface area contributed by atoms with Crippen LogP contribution in [0.2, 0.25) is 5.02 Å². The van der Waals surface area contributed by atoms with Gasteiger partial charge in [0.15, 0.2) is 6.10 Å². The summed E-state index contributed by atoms with van der Waals surface area (Å²) in [7, 11) is 0. The van der Waals surface area contributed by atoms with Gasteiger partial charge in [0.05, 0.1) is 0 Å². The number of benzene rings is 2. The van der Waals surface area contributed by atoms with Gasteiger partial charge in [0, 0.05) is 10.7 Å². The molecular weight excluding hydrogens is 310 g/mol. The van der Waals surface area contributed by atoms with Crippen LogP contribution in [-0.2, 0) is 4.79 Å². The Balaban J connectivity index is 2.10. The summed E-state index contributed by atoms with van der Waals surface area (Å²) in [4.78, 5) is 12.5. The van der Waals surface area contributed by atoms with Crippen LogP contribution in [0.25, 0.3) is 0 Å². The molecule has 0 saturated carbocycles. The first-order valence-corrected chi connectivity index (χ1v) is 8.21. The fraction of sp³-hybridized carbons (Fsp3) is 0.316. The molecule has 4 heteroatoms. The topological polar surface area (TPSA) is 38.3 Å². The summed E-state index contributed by atoms with van der Waals surface area (Å²) in [6.45, 7) is 6.13. The van der Waals surface area contributed by atoms with Crippen molar-refractivity contribution in [1.82, 2.24) is 0 Å². The molecule has 2 rings (SSSR count). The summed E-state index contributed by atoms with van der Waals surface area (Å²) < 4.78 is 5.78. The Morgan fingerprint density at radius 3 is 2.39 bits per heavy atom. The zero-order chi connectivity index (χ0) is 16.8. The number of carbonyl (C=O) groups excluding carboxylic acids is 1. The van der Waals surface area contributed by atoms with Crippen LogP contribution >= 0.6 is 11.6 Å². The van der Waals surface area contributed by atoms with Crippen LogP contribution in [-0.4, -0.2) is 12.0 Å². The van der Waals surface area contributed by atoms with Gasteiger partial charge in [-0.15, -0.1) is 0 Å². The maximum absolute atomic E-state index is 12.5. The summed E-state index contributed by atoms with van der Waals surface area (Å²) in [5, 5.41) is 3.62. The third-order valence-electron chi connectivity index (χ3n) is 3.60. The van der Waals surface area contributed by atoms with Gasteiger partial charge in [-0.1, -0.05) is 50.6 Å². The maximum atomic E-state index is 12.5. The lowest BCUT2D eigenvalue weighted by molar-refractivity contribution is -0.122. The summed E-state index contributed by atoms with van der Waals surface area (Å²) >= 11 is 5.86. The number of carbonyl (C=O) groups is 1. The molecule has 1 amide bonds. The molecule has 1 N–H and O–H groups in total. The highest BCUT2D eigenvalue weighted by molar-refractivity contribution is 6.30. The van der Waals surface area contributed by atoms with E-state index < -0.39 is 6.10 Å². The minimum absolute atomic E-state index is 0.143. The lowest BCUT2D eigenvalue weighted by Crippen LogP contribution is -2.32. The van der Waals surface area contributed by atoms with Gasteiger partial charge >= 0.3 is 0 Å². The van der Waals surface area contributed by atoms with Gasteiger partial charge in [0.2, 0.25) is 0 Å². The fourth-order valence-corrected chi connectivity index (χ4v) is 2.45. The highest BCUT2D eigenvalue weighted by Crippen LogP contribution is 2.24. The molecule has 2 aromatic rings. The van der Waals surface area contributed by atoms with E-state index in [4.69, 9.17) is 16.3 Å². The summed E-state index contributed by atoms with van der Waals surface area (Å²) in [6, 6.07) is 14.9. The van der Waals surface area contributed by atoms with Crippen molar-refractivity contribution in [3.05, 3.63) is 59.1 Å². The number of ether oxygens (including phenoxy) is 1. The van der Waals surface area contributed by atoms with E-state index in [9.17, 15) is 4.79 Å². The lowest BCUT2D eigenvalue weighted by Gasteiger charge is -2.19. The molecule has 2 aromatic carbocycles. The lowest BCUT2D eigenvalue weighted by atomic mass is 10.0. The average Bonchev–Trinajstić information content (AvgIpc) is 2.54. The molecule has 0 aromatic heterocycles. The van der Waals surface area contributed by atoms with Crippen molar-refractivity contribution in [3.63, 3.8) is 0 Å². The van der Waals surface area contributed by atoms with Crippen LogP contribution in [0.5, 0.6) is 5.75 Å². The number of amides is 1. The van der Waals surface area contributed by atoms with Gasteiger partial charge in [-0.3, -0.25) is 4.79 Å². The molecule has 0 heterocycles. The van der Waals surface area contributed by atoms with Crippen LogP contribution in [0.3, 0.4) is 0 Å². The average molecular weight is 332 g/mol. The highest BCUT2D eigenvalue weighted by Gasteiger charge is 2.20. The molecule has 0 bridgehead atoms. The zero-order valence-corrected chi connectivity index (χ0v) is 14.4. The first kappa shape index (κ1) is 17.4. The monoisotopic (exact) mass is 331 g/mol. The predicted octanol–water partition coefficient (Wildman–Crippen LogP) is 5.26. The molecule has 1 atom stereocenters. The Morgan fingerprint density at radius 1 is 1.13 bits per heavy atom. The summed E-state index contributed by atoms with van der Waals surface area (Å²) in [5.41, 5.74) is 1.95. The molecule has 0 spiro atoms. The summed E-state index contributed by atoms with van der Waals surface area (Å²) in [6.07, 6.45) is 0.0366. The Labute approximate surface area is 142 Å². The first-order chi connectivity index (χ1) is 11.0. The van der Waals surface area contributed by atoms with E-state index in [1.165, 1.54) is 0 Å². The third kappa shape index (κ3) is 4.73. The van der Waals surface area contributed by atoms with Gasteiger partial charge in [-0.05, 0) is 48.2 Å². The molecule has 0 radical (unpaired) electrons. The van der Waals surface area contributed by atoms with Crippen LogP contribution in [0.15, 0.2) is 48.5 Å². The third-order valence-corrected chi connectivity index (χ3v) is 3.85. The number of anilines is 1. The molecule has 0 aliphatic heterocycles. The van der Waals surface area contributed by atoms with E-state index in [-0.39, 0.29) is 5.91 Å². The second-order valence-corrected chi connectivity index (χ2v) is 6.14. The van der Waals surface area contributed by atoms with Crippen molar-refractivity contribution in [2.45, 2.75) is 39.2 Å². The quantitative estimate of drug-likeness (QED) is 0.784. The van der Waals surface area contributed by atoms with Crippen molar-refractivity contribution in [1.29, 1.82) is 0 Å². The van der Waals surface area contributed by atoms with Crippen molar-refractivity contribution < 1.29 is 9.53 Å². The Morgan fingerprint density at radius 2 is 1.78 bits per heavy atom. The van der Waals surface area contributed by atoms with Crippen LogP contribution < -0.4 is 10.1 Å². The van der Waals surface area contributed by atoms with E-state index in [0.29, 0.717) is 23.1 Å². The zero-order valence-electron chi connectivity index (χ0n) is 13.7. The number of halogens is 1. The van der Waals surface area contributed by atoms with E-state index in [1.54, 1.807) is 24.3 Å². The van der Waals surface area contributed by atoms with E-state index in [1.807, 2.05) is 31.2 Å². The van der Waals surface area contributed by atoms with Crippen molar-refractivity contribution in [2.24, 2.45) is 0 Å². The Hall–Kier alpha value is -2.00. The standard InChI is InChI=1S/C19H22ClNO2/c1-4-18(23-15-11-9-14(20)10-12-15)19(22)21-17-8-6-5-7-16(17)13(2)3/h5-13,18H,4H2,1-3H3,(H,21,22)/t18-/m1/s1. The van der Waals surface area contributed by atoms with Gasteiger partial charge < -0.3 is 10.1 Å². The molecule has 0 saturated heterocycles. The summed E-state index contributed by atoms with van der Waals surface area (Å²) in [5.74, 6) is 0.827. The minimum atomic E-state index is -0.545. The second-order valence-electron chi connectivity index (χ2n) is 5.70. The SMILES string of the molecule is CC[C@@H](Oc1ccc(Cl)cc1)C(=O)Nc1ccccc1C(C)C. The predicted molar refractivity (Wildman–Crippen MR) is 95.3 cm³/mol. The van der Waals surface area contributed by atoms with Crippen molar-refractivity contribution >= 4 is 23.2 Å². The smallest absolute Gasteiger partial charge is 0.265 e.